The SMILES string of the molecule is Cc1cc(C(=O)N(C)C(C)CBr)c(C)nn1. The molecule has 0 N–H and O–H groups in total. The molecule has 0 aliphatic heterocycles. The highest BCUT2D eigenvalue weighted by Gasteiger charge is 2.19. The highest BCUT2D eigenvalue weighted by atomic mass is 79.9. The van der Waals surface area contributed by atoms with Gasteiger partial charge in [0.2, 0.25) is 0 Å². The van der Waals surface area contributed by atoms with E-state index in [9.17, 15) is 4.79 Å². The summed E-state index contributed by atoms with van der Waals surface area (Å²) in [5.74, 6) is -0.0116. The molecule has 0 fully saturated rings. The van der Waals surface area contributed by atoms with Crippen molar-refractivity contribution in [2.75, 3.05) is 12.4 Å². The van der Waals surface area contributed by atoms with E-state index in [0.29, 0.717) is 11.3 Å². The van der Waals surface area contributed by atoms with E-state index in [1.54, 1.807) is 24.9 Å². The zero-order valence-electron chi connectivity index (χ0n) is 9.99. The van der Waals surface area contributed by atoms with Crippen LogP contribution in [0.25, 0.3) is 0 Å². The molecule has 5 heteroatoms. The van der Waals surface area contributed by atoms with Gasteiger partial charge in [-0.2, -0.15) is 10.2 Å². The summed E-state index contributed by atoms with van der Waals surface area (Å²) in [5.41, 5.74) is 2.06. The van der Waals surface area contributed by atoms with E-state index < -0.39 is 0 Å². The van der Waals surface area contributed by atoms with Crippen LogP contribution in [0.3, 0.4) is 0 Å². The predicted molar refractivity (Wildman–Crippen MR) is 66.9 cm³/mol. The van der Waals surface area contributed by atoms with Crippen LogP contribution in [0, 0.1) is 13.8 Å². The van der Waals surface area contributed by atoms with Crippen LogP contribution in [0.2, 0.25) is 0 Å². The monoisotopic (exact) mass is 285 g/mol. The normalized spacial score (nSPS) is 12.3. The summed E-state index contributed by atoms with van der Waals surface area (Å²) in [6, 6.07) is 1.93. The van der Waals surface area contributed by atoms with Gasteiger partial charge in [0.15, 0.2) is 0 Å². The maximum absolute atomic E-state index is 12.2. The fourth-order valence-corrected chi connectivity index (χ4v) is 1.69. The van der Waals surface area contributed by atoms with Crippen LogP contribution >= 0.6 is 15.9 Å². The van der Waals surface area contributed by atoms with Gasteiger partial charge < -0.3 is 4.90 Å². The van der Waals surface area contributed by atoms with E-state index in [-0.39, 0.29) is 11.9 Å². The second-order valence-corrected chi connectivity index (χ2v) is 4.55. The molecule has 0 saturated heterocycles. The van der Waals surface area contributed by atoms with Gasteiger partial charge in [0.1, 0.15) is 0 Å². The van der Waals surface area contributed by atoms with Crippen molar-refractivity contribution in [1.29, 1.82) is 0 Å². The van der Waals surface area contributed by atoms with Crippen molar-refractivity contribution >= 4 is 21.8 Å². The summed E-state index contributed by atoms with van der Waals surface area (Å²) in [7, 11) is 1.80. The van der Waals surface area contributed by atoms with E-state index in [1.807, 2.05) is 13.8 Å². The third-order valence-corrected chi connectivity index (χ3v) is 3.47. The number of halogens is 1. The molecule has 4 nitrogen and oxygen atoms in total. The number of aromatic nitrogens is 2. The van der Waals surface area contributed by atoms with Crippen molar-refractivity contribution in [3.05, 3.63) is 23.0 Å². The van der Waals surface area contributed by atoms with Crippen molar-refractivity contribution < 1.29 is 4.79 Å². The van der Waals surface area contributed by atoms with Crippen LogP contribution in [0.15, 0.2) is 6.07 Å². The van der Waals surface area contributed by atoms with Gasteiger partial charge in [-0.1, -0.05) is 15.9 Å². The van der Waals surface area contributed by atoms with Crippen LogP contribution in [-0.2, 0) is 0 Å². The topological polar surface area (TPSA) is 46.1 Å². The number of rotatable bonds is 3. The molecule has 0 saturated carbocycles. The lowest BCUT2D eigenvalue weighted by atomic mass is 10.1. The van der Waals surface area contributed by atoms with Gasteiger partial charge in [0, 0.05) is 18.4 Å². The van der Waals surface area contributed by atoms with Gasteiger partial charge >= 0.3 is 0 Å². The number of carbonyl (C=O) groups is 1. The summed E-state index contributed by atoms with van der Waals surface area (Å²) >= 11 is 3.37. The second-order valence-electron chi connectivity index (χ2n) is 3.90. The van der Waals surface area contributed by atoms with Gasteiger partial charge in [-0.05, 0) is 26.8 Å². The quantitative estimate of drug-likeness (QED) is 0.798. The molecule has 88 valence electrons. The zero-order valence-corrected chi connectivity index (χ0v) is 11.6. The van der Waals surface area contributed by atoms with Crippen molar-refractivity contribution in [2.45, 2.75) is 26.8 Å². The van der Waals surface area contributed by atoms with Crippen molar-refractivity contribution in [3.63, 3.8) is 0 Å². The standard InChI is InChI=1S/C11H16BrN3O/c1-7-5-10(9(3)14-13-7)11(16)15(4)8(2)6-12/h5,8H,6H2,1-4H3. The van der Waals surface area contributed by atoms with Crippen LogP contribution in [-0.4, -0.2) is 39.4 Å². The van der Waals surface area contributed by atoms with Crippen LogP contribution < -0.4 is 0 Å². The van der Waals surface area contributed by atoms with E-state index in [1.165, 1.54) is 0 Å². The summed E-state index contributed by atoms with van der Waals surface area (Å²) < 4.78 is 0. The first-order chi connectivity index (χ1) is 7.47. The number of nitrogens with zero attached hydrogens (tertiary/aromatic N) is 3. The molecule has 16 heavy (non-hydrogen) atoms. The predicted octanol–water partition coefficient (Wildman–Crippen LogP) is 1.95. The molecule has 1 rings (SSSR count). The lowest BCUT2D eigenvalue weighted by Gasteiger charge is -2.23. The van der Waals surface area contributed by atoms with Crippen LogP contribution in [0.5, 0.6) is 0 Å². The van der Waals surface area contributed by atoms with Crippen molar-refractivity contribution in [2.24, 2.45) is 0 Å². The molecule has 0 aromatic carbocycles. The summed E-state index contributed by atoms with van der Waals surface area (Å²) in [6.07, 6.45) is 0. The lowest BCUT2D eigenvalue weighted by Crippen LogP contribution is -2.36. The maximum Gasteiger partial charge on any atom is 0.255 e. The molecule has 1 aromatic rings. The van der Waals surface area contributed by atoms with Gasteiger partial charge in [-0.3, -0.25) is 4.79 Å². The molecule has 1 amide bonds. The third kappa shape index (κ3) is 2.78. The minimum atomic E-state index is -0.0116. The van der Waals surface area contributed by atoms with Crippen molar-refractivity contribution in [1.82, 2.24) is 15.1 Å². The van der Waals surface area contributed by atoms with E-state index in [2.05, 4.69) is 26.1 Å². The van der Waals surface area contributed by atoms with Gasteiger partial charge in [-0.25, -0.2) is 0 Å². The number of alkyl halides is 1. The molecule has 0 aliphatic carbocycles. The Bertz CT molecular complexity index is 395. The minimum absolute atomic E-state index is 0.0116. The molecule has 1 atom stereocenters. The molecule has 0 spiro atoms. The third-order valence-electron chi connectivity index (χ3n) is 2.54. The summed E-state index contributed by atoms with van der Waals surface area (Å²) in [5, 5.41) is 8.63. The van der Waals surface area contributed by atoms with Gasteiger partial charge in [0.05, 0.1) is 17.0 Å². The lowest BCUT2D eigenvalue weighted by molar-refractivity contribution is 0.0756. The molecule has 0 aliphatic rings. The zero-order chi connectivity index (χ0) is 12.3. The molecule has 1 unspecified atom stereocenters. The fraction of sp³-hybridized carbons (Fsp3) is 0.545. The minimum Gasteiger partial charge on any atom is -0.338 e. The Labute approximate surface area is 104 Å². The van der Waals surface area contributed by atoms with E-state index >= 15 is 0 Å². The Morgan fingerprint density at radius 3 is 2.69 bits per heavy atom. The molecule has 0 radical (unpaired) electrons. The highest BCUT2D eigenvalue weighted by Crippen LogP contribution is 2.11. The fourth-order valence-electron chi connectivity index (χ4n) is 1.26. The summed E-state index contributed by atoms with van der Waals surface area (Å²) in [4.78, 5) is 13.9. The van der Waals surface area contributed by atoms with Gasteiger partial charge in [0.25, 0.3) is 5.91 Å². The molecular formula is C11H16BrN3O. The first kappa shape index (κ1) is 13.1. The molecule has 1 aromatic heterocycles. The summed E-state index contributed by atoms with van der Waals surface area (Å²) in [6.45, 7) is 5.62. The van der Waals surface area contributed by atoms with E-state index in [4.69, 9.17) is 0 Å². The highest BCUT2D eigenvalue weighted by molar-refractivity contribution is 9.09. The number of aryl methyl sites for hydroxylation is 2. The second kappa shape index (κ2) is 5.39. The van der Waals surface area contributed by atoms with Crippen molar-refractivity contribution in [3.8, 4) is 0 Å². The largest absolute Gasteiger partial charge is 0.338 e. The Balaban J connectivity index is 3.00. The Morgan fingerprint density at radius 1 is 1.50 bits per heavy atom. The molecule has 1 heterocycles. The number of hydrogen-bond donors (Lipinski definition) is 0. The molecular weight excluding hydrogens is 270 g/mol. The number of hydrogen-bond acceptors (Lipinski definition) is 3. The first-order valence-electron chi connectivity index (χ1n) is 5.11. The Kier molecular flexibility index (Phi) is 4.41. The Hall–Kier alpha value is -0.970. The Morgan fingerprint density at radius 2 is 2.12 bits per heavy atom. The maximum atomic E-state index is 12.2. The number of amides is 1. The average Bonchev–Trinajstić information content (AvgIpc) is 2.29. The van der Waals surface area contributed by atoms with E-state index in [0.717, 1.165) is 11.0 Å². The molecule has 0 bridgehead atoms. The first-order valence-corrected chi connectivity index (χ1v) is 6.23. The number of carbonyl (C=O) groups excluding carboxylic acids is 1. The average molecular weight is 286 g/mol. The van der Waals surface area contributed by atoms with Crippen LogP contribution in [0.4, 0.5) is 0 Å². The smallest absolute Gasteiger partial charge is 0.255 e. The van der Waals surface area contributed by atoms with Crippen LogP contribution in [0.1, 0.15) is 28.7 Å². The van der Waals surface area contributed by atoms with Gasteiger partial charge in [-0.15, -0.1) is 0 Å².